The molecule has 0 aliphatic heterocycles. The molecule has 0 aliphatic rings. The number of methoxy groups -OCH3 is 1. The second-order valence-corrected chi connectivity index (χ2v) is 4.63. The van der Waals surface area contributed by atoms with Crippen molar-refractivity contribution in [2.45, 2.75) is 27.7 Å². The first kappa shape index (κ1) is 12.5. The maximum Gasteiger partial charge on any atom is 0.153 e. The number of H-pyrrole nitrogens is 1. The van der Waals surface area contributed by atoms with Crippen molar-refractivity contribution < 1.29 is 4.74 Å². The highest BCUT2D eigenvalue weighted by Crippen LogP contribution is 2.37. The molecule has 4 nitrogen and oxygen atoms in total. The average Bonchev–Trinajstić information content (AvgIpc) is 2.65. The van der Waals surface area contributed by atoms with Gasteiger partial charge in [-0.25, -0.2) is 0 Å². The van der Waals surface area contributed by atoms with Crippen molar-refractivity contribution in [2.75, 3.05) is 12.8 Å². The summed E-state index contributed by atoms with van der Waals surface area (Å²) in [7, 11) is 1.69. The Hall–Kier alpha value is -1.97. The summed E-state index contributed by atoms with van der Waals surface area (Å²) in [5.41, 5.74) is 12.6. The zero-order valence-electron chi connectivity index (χ0n) is 11.5. The summed E-state index contributed by atoms with van der Waals surface area (Å²) >= 11 is 0. The van der Waals surface area contributed by atoms with Crippen molar-refractivity contribution in [1.82, 2.24) is 10.2 Å². The summed E-state index contributed by atoms with van der Waals surface area (Å²) in [4.78, 5) is 0. The summed E-state index contributed by atoms with van der Waals surface area (Å²) < 4.78 is 5.38. The molecule has 0 saturated heterocycles. The number of aryl methyl sites for hydroxylation is 2. The van der Waals surface area contributed by atoms with E-state index in [0.717, 1.165) is 33.7 Å². The fourth-order valence-corrected chi connectivity index (χ4v) is 2.41. The molecule has 0 bridgehead atoms. The summed E-state index contributed by atoms with van der Waals surface area (Å²) in [6.45, 7) is 8.20. The van der Waals surface area contributed by atoms with Gasteiger partial charge < -0.3 is 10.5 Å². The van der Waals surface area contributed by atoms with Crippen LogP contribution in [0, 0.1) is 27.7 Å². The lowest BCUT2D eigenvalue weighted by molar-refractivity contribution is 0.411. The van der Waals surface area contributed by atoms with Gasteiger partial charge in [0, 0.05) is 11.3 Å². The fourth-order valence-electron chi connectivity index (χ4n) is 2.41. The van der Waals surface area contributed by atoms with E-state index in [1.807, 2.05) is 13.0 Å². The van der Waals surface area contributed by atoms with Gasteiger partial charge >= 0.3 is 0 Å². The normalized spacial score (nSPS) is 10.7. The van der Waals surface area contributed by atoms with E-state index in [2.05, 4.69) is 31.0 Å². The van der Waals surface area contributed by atoms with Gasteiger partial charge in [-0.1, -0.05) is 0 Å². The molecule has 0 fully saturated rings. The highest BCUT2D eigenvalue weighted by Gasteiger charge is 2.17. The SMILES string of the molecule is COc1cc(C)c(-c2c(N)n[nH]c2C)c(C)c1C. The van der Waals surface area contributed by atoms with Gasteiger partial charge in [0.15, 0.2) is 5.82 Å². The van der Waals surface area contributed by atoms with Crippen LogP contribution in [-0.2, 0) is 0 Å². The van der Waals surface area contributed by atoms with Crippen molar-refractivity contribution in [3.05, 3.63) is 28.5 Å². The number of hydrogen-bond acceptors (Lipinski definition) is 3. The molecule has 0 unspecified atom stereocenters. The molecule has 0 amide bonds. The van der Waals surface area contributed by atoms with E-state index in [-0.39, 0.29) is 0 Å². The van der Waals surface area contributed by atoms with E-state index in [4.69, 9.17) is 10.5 Å². The van der Waals surface area contributed by atoms with Crippen molar-refractivity contribution >= 4 is 5.82 Å². The minimum Gasteiger partial charge on any atom is -0.496 e. The molecule has 0 spiro atoms. The molecular weight excluding hydrogens is 226 g/mol. The minimum atomic E-state index is 0.545. The van der Waals surface area contributed by atoms with Gasteiger partial charge in [0.05, 0.1) is 7.11 Å². The fraction of sp³-hybridized carbons (Fsp3) is 0.357. The van der Waals surface area contributed by atoms with Gasteiger partial charge in [0.25, 0.3) is 0 Å². The van der Waals surface area contributed by atoms with Crippen LogP contribution in [0.15, 0.2) is 6.07 Å². The Bertz CT molecular complexity index is 580. The van der Waals surface area contributed by atoms with Crippen LogP contribution in [0.2, 0.25) is 0 Å². The third kappa shape index (κ3) is 1.74. The van der Waals surface area contributed by atoms with Crippen molar-refractivity contribution in [1.29, 1.82) is 0 Å². The van der Waals surface area contributed by atoms with Gasteiger partial charge in [-0.15, -0.1) is 0 Å². The largest absolute Gasteiger partial charge is 0.496 e. The predicted molar refractivity (Wildman–Crippen MR) is 73.9 cm³/mol. The quantitative estimate of drug-likeness (QED) is 0.855. The maximum absolute atomic E-state index is 5.96. The third-order valence-electron chi connectivity index (χ3n) is 3.49. The summed E-state index contributed by atoms with van der Waals surface area (Å²) in [5, 5.41) is 7.00. The first-order chi connectivity index (χ1) is 8.47. The highest BCUT2D eigenvalue weighted by atomic mass is 16.5. The van der Waals surface area contributed by atoms with Crippen LogP contribution in [0.1, 0.15) is 22.4 Å². The first-order valence-electron chi connectivity index (χ1n) is 5.93. The monoisotopic (exact) mass is 245 g/mol. The van der Waals surface area contributed by atoms with E-state index in [1.54, 1.807) is 7.11 Å². The molecule has 3 N–H and O–H groups in total. The molecule has 2 rings (SSSR count). The molecule has 0 saturated carbocycles. The van der Waals surface area contributed by atoms with Gasteiger partial charge in [-0.3, -0.25) is 5.10 Å². The van der Waals surface area contributed by atoms with Crippen LogP contribution in [0.25, 0.3) is 11.1 Å². The highest BCUT2D eigenvalue weighted by molar-refractivity contribution is 5.82. The lowest BCUT2D eigenvalue weighted by Crippen LogP contribution is -1.98. The second-order valence-electron chi connectivity index (χ2n) is 4.63. The van der Waals surface area contributed by atoms with Gasteiger partial charge in [-0.05, 0) is 56.0 Å². The Morgan fingerprint density at radius 1 is 1.11 bits per heavy atom. The number of nitrogens with zero attached hydrogens (tertiary/aromatic N) is 1. The van der Waals surface area contributed by atoms with Crippen LogP contribution in [-0.4, -0.2) is 17.3 Å². The number of nitrogens with one attached hydrogen (secondary N) is 1. The number of anilines is 1. The Balaban J connectivity index is 2.77. The Labute approximate surface area is 107 Å². The van der Waals surface area contributed by atoms with Crippen LogP contribution < -0.4 is 10.5 Å². The molecule has 1 aromatic heterocycles. The number of nitrogen functional groups attached to an aromatic ring is 1. The molecule has 1 heterocycles. The van der Waals surface area contributed by atoms with Gasteiger partial charge in [0.2, 0.25) is 0 Å². The first-order valence-corrected chi connectivity index (χ1v) is 5.93. The predicted octanol–water partition coefficient (Wildman–Crippen LogP) is 2.90. The minimum absolute atomic E-state index is 0.545. The average molecular weight is 245 g/mol. The van der Waals surface area contributed by atoms with Crippen molar-refractivity contribution in [3.8, 4) is 16.9 Å². The lowest BCUT2D eigenvalue weighted by atomic mass is 9.92. The van der Waals surface area contributed by atoms with Gasteiger partial charge in [-0.2, -0.15) is 5.10 Å². The van der Waals surface area contributed by atoms with Crippen LogP contribution >= 0.6 is 0 Å². The zero-order chi connectivity index (χ0) is 13.4. The number of ether oxygens (including phenoxy) is 1. The number of benzene rings is 1. The lowest BCUT2D eigenvalue weighted by Gasteiger charge is -2.16. The Morgan fingerprint density at radius 3 is 2.28 bits per heavy atom. The Morgan fingerprint density at radius 2 is 1.78 bits per heavy atom. The number of nitrogens with two attached hydrogens (primary N) is 1. The summed E-state index contributed by atoms with van der Waals surface area (Å²) in [5.74, 6) is 1.46. The molecule has 0 radical (unpaired) electrons. The molecule has 96 valence electrons. The van der Waals surface area contributed by atoms with Crippen molar-refractivity contribution in [2.24, 2.45) is 0 Å². The smallest absolute Gasteiger partial charge is 0.153 e. The number of hydrogen-bond donors (Lipinski definition) is 2. The zero-order valence-corrected chi connectivity index (χ0v) is 11.5. The molecule has 2 aromatic rings. The van der Waals surface area contributed by atoms with E-state index < -0.39 is 0 Å². The van der Waals surface area contributed by atoms with Crippen LogP contribution in [0.5, 0.6) is 5.75 Å². The summed E-state index contributed by atoms with van der Waals surface area (Å²) in [6, 6.07) is 2.05. The molecule has 0 atom stereocenters. The molecule has 1 aromatic carbocycles. The standard InChI is InChI=1S/C14H19N3O/c1-7-6-11(18-5)8(2)9(3)12(7)13-10(4)16-17-14(13)15/h6H,1-5H3,(H3,15,16,17). The molecule has 0 aliphatic carbocycles. The van der Waals surface area contributed by atoms with E-state index in [9.17, 15) is 0 Å². The van der Waals surface area contributed by atoms with E-state index >= 15 is 0 Å². The van der Waals surface area contributed by atoms with Crippen molar-refractivity contribution in [3.63, 3.8) is 0 Å². The second kappa shape index (κ2) is 4.37. The Kier molecular flexibility index (Phi) is 3.03. The van der Waals surface area contributed by atoms with E-state index in [1.165, 1.54) is 5.56 Å². The number of rotatable bonds is 2. The van der Waals surface area contributed by atoms with E-state index in [0.29, 0.717) is 5.82 Å². The number of aromatic amines is 1. The molecular formula is C14H19N3O. The topological polar surface area (TPSA) is 63.9 Å². The summed E-state index contributed by atoms with van der Waals surface area (Å²) in [6.07, 6.45) is 0. The maximum atomic E-state index is 5.96. The molecule has 18 heavy (non-hydrogen) atoms. The number of aromatic nitrogens is 2. The molecule has 4 heteroatoms. The van der Waals surface area contributed by atoms with Gasteiger partial charge in [0.1, 0.15) is 5.75 Å². The van der Waals surface area contributed by atoms with Crippen LogP contribution in [0.3, 0.4) is 0 Å². The third-order valence-corrected chi connectivity index (χ3v) is 3.49. The van der Waals surface area contributed by atoms with Crippen LogP contribution in [0.4, 0.5) is 5.82 Å².